The number of hydrogen-bond donors (Lipinski definition) is 0. The SMILES string of the molecule is CC1(C)c2cc(N(c3ccccc3)c3ccccc3)ccc2-c2c1cc1c(-c3c(F)cccc3F)c3c(cc1c2-c1c(F)cccc1F)C(C)(C)c1cc(N(c2ccccc2)c2ccccc2)ccc1-3. The van der Waals surface area contributed by atoms with Crippen LogP contribution in [0.5, 0.6) is 0 Å². The fourth-order valence-electron chi connectivity index (χ4n) is 11.4. The van der Waals surface area contributed by atoms with Crippen molar-refractivity contribution in [3.63, 3.8) is 0 Å². The molecule has 0 heterocycles. The van der Waals surface area contributed by atoms with Crippen LogP contribution in [0.1, 0.15) is 49.9 Å². The average molecular weight is 919 g/mol. The van der Waals surface area contributed by atoms with Gasteiger partial charge in [-0.25, -0.2) is 17.6 Å². The molecule has 10 aromatic carbocycles. The molecule has 2 nitrogen and oxygen atoms in total. The molecular weight excluding hydrogens is 873 g/mol. The lowest BCUT2D eigenvalue weighted by atomic mass is 9.76. The molecule has 6 heteroatoms. The quantitative estimate of drug-likeness (QED) is 0.140. The van der Waals surface area contributed by atoms with Crippen LogP contribution < -0.4 is 9.80 Å². The minimum Gasteiger partial charge on any atom is -0.310 e. The topological polar surface area (TPSA) is 6.48 Å². The first kappa shape index (κ1) is 43.1. The fraction of sp³-hybridized carbons (Fsp3) is 0.0938. The molecule has 2 aliphatic carbocycles. The molecule has 0 saturated heterocycles. The number of anilines is 6. The summed E-state index contributed by atoms with van der Waals surface area (Å²) in [6, 6.07) is 65.1. The Hall–Kier alpha value is -8.22. The number of benzene rings is 10. The summed E-state index contributed by atoms with van der Waals surface area (Å²) in [7, 11) is 0. The molecule has 0 saturated carbocycles. The summed E-state index contributed by atoms with van der Waals surface area (Å²) >= 11 is 0. The van der Waals surface area contributed by atoms with E-state index in [4.69, 9.17) is 0 Å². The first-order valence-electron chi connectivity index (χ1n) is 23.6. The third-order valence-electron chi connectivity index (χ3n) is 14.7. The average Bonchev–Trinajstić information content (AvgIpc) is 3.73. The van der Waals surface area contributed by atoms with Crippen LogP contribution in [0.25, 0.3) is 55.3 Å². The van der Waals surface area contributed by atoms with Crippen LogP contribution in [0.3, 0.4) is 0 Å². The molecule has 0 bridgehead atoms. The normalized spacial score (nSPS) is 13.7. The van der Waals surface area contributed by atoms with Gasteiger partial charge >= 0.3 is 0 Å². The molecule has 70 heavy (non-hydrogen) atoms. The summed E-state index contributed by atoms with van der Waals surface area (Å²) in [6.07, 6.45) is 0. The highest BCUT2D eigenvalue weighted by Gasteiger charge is 2.43. The van der Waals surface area contributed by atoms with Crippen molar-refractivity contribution in [3.05, 3.63) is 252 Å². The number of halogens is 4. The number of para-hydroxylation sites is 4. The van der Waals surface area contributed by atoms with Crippen LogP contribution in [0.2, 0.25) is 0 Å². The standard InChI is InChI=1S/C64H46F4N2/c1-63(2)49-35-43(69(39-19-9-5-10-20-39)40-21-11-6-12-22-40)31-33-45(49)57-51(63)37-47-48(59(57)61-53(65)27-17-28-54(61)66)38-52-58(60(47)62-55(67)29-18-30-56(62)68)46-34-32-44(36-50(46)64(52,3)4)70(41-23-13-7-14-24-41)42-25-15-8-16-26-42/h5-38H,1-4H3. The molecule has 10 aromatic rings. The van der Waals surface area contributed by atoms with E-state index >= 15 is 17.6 Å². The highest BCUT2D eigenvalue weighted by atomic mass is 19.1. The Kier molecular flexibility index (Phi) is 9.97. The lowest BCUT2D eigenvalue weighted by Gasteiger charge is -2.28. The van der Waals surface area contributed by atoms with E-state index in [-0.39, 0.29) is 11.1 Å². The van der Waals surface area contributed by atoms with E-state index in [1.165, 1.54) is 36.4 Å². The summed E-state index contributed by atoms with van der Waals surface area (Å²) in [5, 5.41) is 0.997. The zero-order valence-electron chi connectivity index (χ0n) is 39.0. The molecule has 0 aliphatic heterocycles. The first-order chi connectivity index (χ1) is 33.9. The number of rotatable bonds is 8. The predicted octanol–water partition coefficient (Wildman–Crippen LogP) is 18.3. The molecule has 0 aromatic heterocycles. The van der Waals surface area contributed by atoms with Gasteiger partial charge in [-0.15, -0.1) is 0 Å². The summed E-state index contributed by atoms with van der Waals surface area (Å²) < 4.78 is 67.5. The van der Waals surface area contributed by atoms with E-state index in [9.17, 15) is 0 Å². The summed E-state index contributed by atoms with van der Waals surface area (Å²) in [6.45, 7) is 8.47. The van der Waals surface area contributed by atoms with Gasteiger partial charge in [-0.3, -0.25) is 0 Å². The van der Waals surface area contributed by atoms with Crippen molar-refractivity contribution in [1.82, 2.24) is 0 Å². The second-order valence-corrected chi connectivity index (χ2v) is 19.4. The highest BCUT2D eigenvalue weighted by molar-refractivity contribution is 6.17. The number of fused-ring (bicyclic) bond motifs is 7. The predicted molar refractivity (Wildman–Crippen MR) is 279 cm³/mol. The van der Waals surface area contributed by atoms with E-state index in [1.807, 2.05) is 84.9 Å². The van der Waals surface area contributed by atoms with E-state index in [0.29, 0.717) is 33.0 Å². The Bertz CT molecular complexity index is 3340. The summed E-state index contributed by atoms with van der Waals surface area (Å²) in [5.41, 5.74) is 11.0. The van der Waals surface area contributed by atoms with Gasteiger partial charge < -0.3 is 9.80 Å². The van der Waals surface area contributed by atoms with Crippen LogP contribution in [-0.2, 0) is 10.8 Å². The first-order valence-corrected chi connectivity index (χ1v) is 23.6. The largest absolute Gasteiger partial charge is 0.310 e. The van der Waals surface area contributed by atoms with Gasteiger partial charge in [-0.2, -0.15) is 0 Å². The maximum absolute atomic E-state index is 16.9. The zero-order chi connectivity index (χ0) is 48.1. The highest BCUT2D eigenvalue weighted by Crippen LogP contribution is 2.61. The Labute approximate surface area is 405 Å². The van der Waals surface area contributed by atoms with Gasteiger partial charge in [-0.1, -0.05) is 125 Å². The van der Waals surface area contributed by atoms with E-state index < -0.39 is 34.1 Å². The van der Waals surface area contributed by atoms with Gasteiger partial charge in [0.25, 0.3) is 0 Å². The molecule has 12 rings (SSSR count). The smallest absolute Gasteiger partial charge is 0.134 e. The Morgan fingerprint density at radius 2 is 0.571 bits per heavy atom. The summed E-state index contributed by atoms with van der Waals surface area (Å²) in [4.78, 5) is 4.39. The van der Waals surface area contributed by atoms with Crippen LogP contribution in [0.15, 0.2) is 206 Å². The molecule has 0 atom stereocenters. The van der Waals surface area contributed by atoms with E-state index in [1.54, 1.807) is 0 Å². The van der Waals surface area contributed by atoms with Crippen molar-refractivity contribution in [3.8, 4) is 44.5 Å². The van der Waals surface area contributed by atoms with Crippen molar-refractivity contribution in [2.24, 2.45) is 0 Å². The lowest BCUT2D eigenvalue weighted by molar-refractivity contribution is 0.589. The monoisotopic (exact) mass is 918 g/mol. The molecule has 0 radical (unpaired) electrons. The lowest BCUT2D eigenvalue weighted by Crippen LogP contribution is -2.17. The van der Waals surface area contributed by atoms with Crippen LogP contribution in [0, 0.1) is 23.3 Å². The van der Waals surface area contributed by atoms with Crippen molar-refractivity contribution in [2.75, 3.05) is 9.80 Å². The second kappa shape index (κ2) is 16.2. The maximum atomic E-state index is 16.9. The van der Waals surface area contributed by atoms with Gasteiger partial charge in [0.15, 0.2) is 0 Å². The van der Waals surface area contributed by atoms with Gasteiger partial charge in [0.05, 0.1) is 11.1 Å². The molecular formula is C64H46F4N2. The van der Waals surface area contributed by atoms with Crippen molar-refractivity contribution >= 4 is 44.9 Å². The Morgan fingerprint density at radius 3 is 0.871 bits per heavy atom. The van der Waals surface area contributed by atoms with Crippen LogP contribution in [0.4, 0.5) is 51.7 Å². The number of nitrogens with zero attached hydrogens (tertiary/aromatic N) is 2. The third-order valence-corrected chi connectivity index (χ3v) is 14.7. The minimum atomic E-state index is -0.751. The Balaban J connectivity index is 1.17. The fourth-order valence-corrected chi connectivity index (χ4v) is 11.4. The van der Waals surface area contributed by atoms with Gasteiger partial charge in [0, 0.05) is 56.1 Å². The van der Waals surface area contributed by atoms with Crippen molar-refractivity contribution < 1.29 is 17.6 Å². The van der Waals surface area contributed by atoms with Gasteiger partial charge in [-0.05, 0) is 164 Å². The molecule has 0 unspecified atom stereocenters. The molecule has 0 amide bonds. The molecule has 2 aliphatic rings. The summed E-state index contributed by atoms with van der Waals surface area (Å²) in [5.74, 6) is -2.93. The molecule has 0 N–H and O–H groups in total. The molecule has 340 valence electrons. The number of hydrogen-bond acceptors (Lipinski definition) is 2. The minimum absolute atomic E-state index is 0.191. The second-order valence-electron chi connectivity index (χ2n) is 19.4. The van der Waals surface area contributed by atoms with Crippen LogP contribution >= 0.6 is 0 Å². The van der Waals surface area contributed by atoms with Crippen molar-refractivity contribution in [1.29, 1.82) is 0 Å². The molecule has 0 fully saturated rings. The molecule has 0 spiro atoms. The maximum Gasteiger partial charge on any atom is 0.134 e. The van der Waals surface area contributed by atoms with Gasteiger partial charge in [0.2, 0.25) is 0 Å². The van der Waals surface area contributed by atoms with Crippen LogP contribution in [-0.4, -0.2) is 0 Å². The van der Waals surface area contributed by atoms with E-state index in [0.717, 1.165) is 67.5 Å². The zero-order valence-corrected chi connectivity index (χ0v) is 39.0. The van der Waals surface area contributed by atoms with Crippen molar-refractivity contribution in [2.45, 2.75) is 38.5 Å². The Morgan fingerprint density at radius 1 is 0.271 bits per heavy atom. The van der Waals surface area contributed by atoms with Gasteiger partial charge in [0.1, 0.15) is 23.3 Å². The third kappa shape index (κ3) is 6.54. The van der Waals surface area contributed by atoms with E-state index in [2.05, 4.69) is 122 Å².